The van der Waals surface area contributed by atoms with Crippen LogP contribution in [0.25, 0.3) is 44.4 Å². The van der Waals surface area contributed by atoms with Gasteiger partial charge in [0.15, 0.2) is 0 Å². The van der Waals surface area contributed by atoms with E-state index in [0.717, 1.165) is 78.3 Å². The second-order valence-corrected chi connectivity index (χ2v) is 12.0. The molecule has 0 fully saturated rings. The molecule has 5 heterocycles. The summed E-state index contributed by atoms with van der Waals surface area (Å²) in [6.07, 6.45) is 20.9. The summed E-state index contributed by atoms with van der Waals surface area (Å²) >= 11 is 0. The Morgan fingerprint density at radius 3 is 1.46 bits per heavy atom. The van der Waals surface area contributed by atoms with Crippen molar-refractivity contribution in [3.8, 4) is 0 Å². The molecule has 8 bridgehead atoms. The Hall–Kier alpha value is -5.48. The van der Waals surface area contributed by atoms with Crippen LogP contribution in [0.3, 0.4) is 0 Å². The van der Waals surface area contributed by atoms with E-state index in [0.29, 0.717) is 51.4 Å². The van der Waals surface area contributed by atoms with Crippen LogP contribution >= 0.6 is 0 Å². The Labute approximate surface area is 285 Å². The van der Waals surface area contributed by atoms with Crippen molar-refractivity contribution in [3.63, 3.8) is 0 Å². The molecular formula is C44H46N4. The van der Waals surface area contributed by atoms with Crippen molar-refractivity contribution in [2.24, 2.45) is 0 Å². The van der Waals surface area contributed by atoms with Crippen LogP contribution in [0, 0.1) is 0 Å². The largest absolute Gasteiger partial charge is 0.355 e. The van der Waals surface area contributed by atoms with E-state index >= 15 is 0 Å². The molecule has 2 aliphatic rings. The SMILES string of the molecule is C=CCC1=C(CC=C)c2nc1cc1ccc(cc3[nH]c(c(CC=C)c4nc(c2CC=C)C(CC=C)=C4CC=C)c(CC=C)c3CC=C)[nH]1. The van der Waals surface area contributed by atoms with Gasteiger partial charge in [-0.1, -0.05) is 48.6 Å². The molecule has 0 aromatic carbocycles. The molecule has 0 saturated heterocycles. The fraction of sp³-hybridized carbons (Fsp3) is 0.182. The molecule has 0 aliphatic carbocycles. The van der Waals surface area contributed by atoms with Gasteiger partial charge in [-0.15, -0.1) is 52.6 Å². The smallest absolute Gasteiger partial charge is 0.0732 e. The van der Waals surface area contributed by atoms with Gasteiger partial charge in [-0.3, -0.25) is 0 Å². The van der Waals surface area contributed by atoms with Gasteiger partial charge in [-0.2, -0.15) is 0 Å². The maximum atomic E-state index is 5.57. The zero-order chi connectivity index (χ0) is 34.2. The van der Waals surface area contributed by atoms with Crippen molar-refractivity contribution in [2.45, 2.75) is 51.4 Å². The lowest BCUT2D eigenvalue weighted by atomic mass is 9.91. The van der Waals surface area contributed by atoms with Crippen molar-refractivity contribution >= 4 is 44.4 Å². The standard InChI is InChI=1S/C44H46N4/c1-9-17-31-33(19-11-3)41-37(23-15-7)43-35(21-13-5)36(22-14-6)44(48-43)38(24-16-8)42-34(20-12-4)32(18-10-2)40(47-42)28-30-26-25-29(45-30)27-39(31)46-41/h9-16,25-28,45-46H,1-8,17-24H2. The van der Waals surface area contributed by atoms with Crippen molar-refractivity contribution in [1.82, 2.24) is 19.9 Å². The number of nitrogens with one attached hydrogen (secondary N) is 2. The number of aromatic amines is 2. The number of nitrogens with zero attached hydrogens (tertiary/aromatic N) is 2. The van der Waals surface area contributed by atoms with Crippen LogP contribution in [0.4, 0.5) is 0 Å². The average Bonchev–Trinajstić information content (AvgIpc) is 3.83. The first kappa shape index (κ1) is 33.9. The summed E-state index contributed by atoms with van der Waals surface area (Å²) < 4.78 is 0. The van der Waals surface area contributed by atoms with Crippen molar-refractivity contribution in [1.29, 1.82) is 0 Å². The minimum atomic E-state index is 0.596. The summed E-state index contributed by atoms with van der Waals surface area (Å²) in [7, 11) is 0. The van der Waals surface area contributed by atoms with E-state index < -0.39 is 0 Å². The average molecular weight is 631 g/mol. The van der Waals surface area contributed by atoms with Gasteiger partial charge in [-0.05, 0) is 109 Å². The topological polar surface area (TPSA) is 57.4 Å². The summed E-state index contributed by atoms with van der Waals surface area (Å²) in [5.41, 5.74) is 16.8. The van der Waals surface area contributed by atoms with E-state index in [-0.39, 0.29) is 0 Å². The van der Waals surface area contributed by atoms with Crippen LogP contribution in [0.2, 0.25) is 0 Å². The van der Waals surface area contributed by atoms with Crippen molar-refractivity contribution in [2.75, 3.05) is 0 Å². The van der Waals surface area contributed by atoms with Crippen LogP contribution in [-0.4, -0.2) is 19.9 Å². The zero-order valence-corrected chi connectivity index (χ0v) is 28.1. The molecule has 242 valence electrons. The first-order chi connectivity index (χ1) is 23.5. The fourth-order valence-electron chi connectivity index (χ4n) is 6.96. The predicted molar refractivity (Wildman–Crippen MR) is 209 cm³/mol. The second-order valence-electron chi connectivity index (χ2n) is 12.0. The molecule has 0 spiro atoms. The molecular weight excluding hydrogens is 585 g/mol. The first-order valence-corrected chi connectivity index (χ1v) is 16.6. The lowest BCUT2D eigenvalue weighted by Crippen LogP contribution is -1.98. The Morgan fingerprint density at radius 2 is 0.875 bits per heavy atom. The van der Waals surface area contributed by atoms with Gasteiger partial charge in [0.05, 0.1) is 22.8 Å². The van der Waals surface area contributed by atoms with Crippen LogP contribution in [0.5, 0.6) is 0 Å². The number of aromatic nitrogens is 4. The summed E-state index contributed by atoms with van der Waals surface area (Å²) in [6.45, 7) is 33.1. The fourth-order valence-corrected chi connectivity index (χ4v) is 6.96. The molecule has 0 atom stereocenters. The number of rotatable bonds is 16. The predicted octanol–water partition coefficient (Wildman–Crippen LogP) is 11.4. The Morgan fingerprint density at radius 1 is 0.438 bits per heavy atom. The van der Waals surface area contributed by atoms with E-state index in [1.165, 1.54) is 11.1 Å². The van der Waals surface area contributed by atoms with Gasteiger partial charge in [0.25, 0.3) is 0 Å². The van der Waals surface area contributed by atoms with Gasteiger partial charge in [0.1, 0.15) is 0 Å². The third kappa shape index (κ3) is 6.39. The lowest BCUT2D eigenvalue weighted by Gasteiger charge is -2.11. The van der Waals surface area contributed by atoms with Crippen LogP contribution in [0.1, 0.15) is 70.7 Å². The Bertz CT molecular complexity index is 2070. The van der Waals surface area contributed by atoms with Crippen molar-refractivity contribution in [3.05, 3.63) is 171 Å². The molecule has 3 aromatic rings. The minimum absolute atomic E-state index is 0.596. The number of hydrogen-bond acceptors (Lipinski definition) is 2. The Balaban J connectivity index is 2.14. The number of hydrogen-bond donors (Lipinski definition) is 2. The van der Waals surface area contributed by atoms with Gasteiger partial charge in [0.2, 0.25) is 0 Å². The van der Waals surface area contributed by atoms with Gasteiger partial charge in [0, 0.05) is 33.2 Å². The summed E-state index contributed by atoms with van der Waals surface area (Å²) in [4.78, 5) is 18.4. The minimum Gasteiger partial charge on any atom is -0.355 e. The van der Waals surface area contributed by atoms with Gasteiger partial charge >= 0.3 is 0 Å². The summed E-state index contributed by atoms with van der Waals surface area (Å²) in [5, 5.41) is 0. The molecule has 48 heavy (non-hydrogen) atoms. The quantitative estimate of drug-likeness (QED) is 0.155. The molecule has 0 saturated carbocycles. The first-order valence-electron chi connectivity index (χ1n) is 16.6. The normalized spacial score (nSPS) is 12.5. The second kappa shape index (κ2) is 15.4. The summed E-state index contributed by atoms with van der Waals surface area (Å²) in [6, 6.07) is 8.51. The van der Waals surface area contributed by atoms with Crippen molar-refractivity contribution < 1.29 is 0 Å². The number of fused-ring (bicyclic) bond motifs is 8. The van der Waals surface area contributed by atoms with Gasteiger partial charge < -0.3 is 9.97 Å². The molecule has 4 nitrogen and oxygen atoms in total. The lowest BCUT2D eigenvalue weighted by molar-refractivity contribution is 1.11. The molecule has 5 rings (SSSR count). The molecule has 2 aliphatic heterocycles. The third-order valence-corrected chi connectivity index (χ3v) is 8.87. The number of allylic oxidation sites excluding steroid dienone is 12. The van der Waals surface area contributed by atoms with E-state index in [2.05, 4.69) is 86.9 Å². The molecule has 0 radical (unpaired) electrons. The highest BCUT2D eigenvalue weighted by Gasteiger charge is 2.28. The van der Waals surface area contributed by atoms with E-state index in [9.17, 15) is 0 Å². The molecule has 2 N–H and O–H groups in total. The summed E-state index contributed by atoms with van der Waals surface area (Å²) in [5.74, 6) is 0. The van der Waals surface area contributed by atoms with Crippen LogP contribution in [-0.2, 0) is 25.7 Å². The highest BCUT2D eigenvalue weighted by molar-refractivity contribution is 5.99. The van der Waals surface area contributed by atoms with E-state index in [1.807, 2.05) is 48.6 Å². The molecule has 0 amide bonds. The zero-order valence-electron chi connectivity index (χ0n) is 28.1. The van der Waals surface area contributed by atoms with Crippen LogP contribution in [0.15, 0.2) is 126 Å². The highest BCUT2D eigenvalue weighted by Crippen LogP contribution is 2.43. The maximum Gasteiger partial charge on any atom is 0.0732 e. The molecule has 0 unspecified atom stereocenters. The number of H-pyrrole nitrogens is 2. The molecule has 3 aromatic heterocycles. The highest BCUT2D eigenvalue weighted by atomic mass is 14.8. The maximum absolute atomic E-state index is 5.57. The van der Waals surface area contributed by atoms with E-state index in [4.69, 9.17) is 9.97 Å². The Kier molecular flexibility index (Phi) is 10.9. The molecule has 4 heteroatoms. The van der Waals surface area contributed by atoms with E-state index in [1.54, 1.807) is 0 Å². The van der Waals surface area contributed by atoms with Gasteiger partial charge in [-0.25, -0.2) is 9.97 Å². The monoisotopic (exact) mass is 630 g/mol. The third-order valence-electron chi connectivity index (χ3n) is 8.87. The van der Waals surface area contributed by atoms with Crippen LogP contribution < -0.4 is 0 Å².